The van der Waals surface area contributed by atoms with Crippen LogP contribution in [-0.2, 0) is 11.8 Å². The number of fused-ring (bicyclic) bond motifs is 2. The molecule has 42 heavy (non-hydrogen) atoms. The third-order valence-corrected chi connectivity index (χ3v) is 9.94. The van der Waals surface area contributed by atoms with Gasteiger partial charge >= 0.3 is 0 Å². The van der Waals surface area contributed by atoms with Crippen molar-refractivity contribution in [2.75, 3.05) is 33.3 Å². The molecule has 0 bridgehead atoms. The molecule has 1 saturated heterocycles. The van der Waals surface area contributed by atoms with Crippen LogP contribution in [0.1, 0.15) is 13.8 Å². The maximum Gasteiger partial charge on any atom is 0.275 e. The minimum Gasteiger partial charge on any atom is -0.492 e. The summed E-state index contributed by atoms with van der Waals surface area (Å²) in [5.41, 5.74) is 4.97. The molecule has 4 heterocycles. The zero-order valence-corrected chi connectivity index (χ0v) is 27.0. The lowest BCUT2D eigenvalue weighted by Crippen LogP contribution is -2.62. The van der Waals surface area contributed by atoms with Gasteiger partial charge in [-0.2, -0.15) is 0 Å². The number of piperazine rings is 1. The van der Waals surface area contributed by atoms with Crippen molar-refractivity contribution in [2.24, 2.45) is 7.05 Å². The standard InChI is InChI=1S/C32H32IN5O3S/c1-32(2)31(40)35(3)15-16-37(32)17-18-41-24-9-5-21(6-10-24)22-7-11-27-23(19-22)8-12-28(34-27)26-20-36(4)30(39)29-25(26)13-14-38(29)42-33/h5-14,19-20H,15-18H2,1-4H3. The number of benzene rings is 2. The van der Waals surface area contributed by atoms with Crippen molar-refractivity contribution < 1.29 is 9.53 Å². The second kappa shape index (κ2) is 11.4. The van der Waals surface area contributed by atoms with E-state index in [1.54, 1.807) is 16.5 Å². The molecule has 216 valence electrons. The van der Waals surface area contributed by atoms with Crippen LogP contribution in [0.25, 0.3) is 44.2 Å². The molecule has 1 fully saturated rings. The molecule has 0 saturated carbocycles. The van der Waals surface area contributed by atoms with Crippen LogP contribution in [0.2, 0.25) is 0 Å². The number of aromatic nitrogens is 3. The molecule has 1 aliphatic heterocycles. The second-order valence-electron chi connectivity index (χ2n) is 11.2. The molecule has 3 aromatic heterocycles. The highest BCUT2D eigenvalue weighted by Gasteiger charge is 2.40. The Bertz CT molecular complexity index is 1860. The zero-order valence-electron chi connectivity index (χ0n) is 24.0. The van der Waals surface area contributed by atoms with Crippen LogP contribution in [-0.4, -0.2) is 68.1 Å². The van der Waals surface area contributed by atoms with Crippen LogP contribution in [0.4, 0.5) is 0 Å². The Kier molecular flexibility index (Phi) is 7.79. The van der Waals surface area contributed by atoms with Crippen LogP contribution in [0.15, 0.2) is 77.9 Å². The van der Waals surface area contributed by atoms with Gasteiger partial charge in [0, 0.05) is 92.8 Å². The van der Waals surface area contributed by atoms with Crippen molar-refractivity contribution in [3.05, 3.63) is 83.4 Å². The normalized spacial score (nSPS) is 15.5. The van der Waals surface area contributed by atoms with E-state index >= 15 is 0 Å². The van der Waals surface area contributed by atoms with Gasteiger partial charge in [-0.05, 0) is 61.4 Å². The summed E-state index contributed by atoms with van der Waals surface area (Å²) in [7, 11) is 5.11. The number of ether oxygens (including phenoxy) is 1. The van der Waals surface area contributed by atoms with Gasteiger partial charge in [-0.1, -0.05) is 24.3 Å². The topological polar surface area (TPSA) is 72.6 Å². The number of carbonyl (C=O) groups excluding carboxylic acids is 1. The van der Waals surface area contributed by atoms with Crippen molar-refractivity contribution in [1.29, 1.82) is 0 Å². The number of pyridine rings is 2. The summed E-state index contributed by atoms with van der Waals surface area (Å²) in [6.45, 7) is 6.76. The van der Waals surface area contributed by atoms with Crippen molar-refractivity contribution in [3.8, 4) is 28.1 Å². The van der Waals surface area contributed by atoms with Gasteiger partial charge in [-0.15, -0.1) is 0 Å². The lowest BCUT2D eigenvalue weighted by Gasteiger charge is -2.44. The summed E-state index contributed by atoms with van der Waals surface area (Å²) in [5, 5.41) is 1.94. The molecule has 2 aromatic carbocycles. The first-order chi connectivity index (χ1) is 20.2. The van der Waals surface area contributed by atoms with E-state index in [2.05, 4.69) is 56.4 Å². The number of amides is 1. The summed E-state index contributed by atoms with van der Waals surface area (Å²) in [4.78, 5) is 34.3. The average Bonchev–Trinajstić information content (AvgIpc) is 3.43. The Morgan fingerprint density at radius 1 is 0.976 bits per heavy atom. The number of hydrogen-bond donors (Lipinski definition) is 0. The highest BCUT2D eigenvalue weighted by molar-refractivity contribution is 14.2. The minimum atomic E-state index is -0.516. The van der Waals surface area contributed by atoms with Crippen molar-refractivity contribution in [1.82, 2.24) is 23.3 Å². The molecule has 0 atom stereocenters. The fraction of sp³-hybridized carbons (Fsp3) is 0.281. The van der Waals surface area contributed by atoms with Crippen LogP contribution >= 0.6 is 30.3 Å². The van der Waals surface area contributed by atoms with Gasteiger partial charge in [0.15, 0.2) is 0 Å². The average molecular weight is 694 g/mol. The predicted octanol–water partition coefficient (Wildman–Crippen LogP) is 6.00. The molecule has 0 N–H and O–H groups in total. The summed E-state index contributed by atoms with van der Waals surface area (Å²) < 4.78 is 9.55. The van der Waals surface area contributed by atoms with E-state index in [1.807, 2.05) is 67.6 Å². The van der Waals surface area contributed by atoms with E-state index < -0.39 is 5.54 Å². The van der Waals surface area contributed by atoms with Crippen molar-refractivity contribution in [2.45, 2.75) is 19.4 Å². The van der Waals surface area contributed by atoms with E-state index in [4.69, 9.17) is 9.72 Å². The Labute approximate surface area is 261 Å². The smallest absolute Gasteiger partial charge is 0.275 e. The summed E-state index contributed by atoms with van der Waals surface area (Å²) in [6, 6.07) is 20.5. The maximum atomic E-state index is 12.8. The van der Waals surface area contributed by atoms with E-state index in [0.29, 0.717) is 18.7 Å². The van der Waals surface area contributed by atoms with Crippen molar-refractivity contribution in [3.63, 3.8) is 0 Å². The van der Waals surface area contributed by atoms with Gasteiger partial charge in [-0.25, -0.2) is 4.98 Å². The van der Waals surface area contributed by atoms with Crippen molar-refractivity contribution >= 4 is 58.0 Å². The number of halogens is 1. The molecule has 0 unspecified atom stereocenters. The monoisotopic (exact) mass is 693 g/mol. The second-order valence-corrected chi connectivity index (χ2v) is 12.9. The minimum absolute atomic E-state index is 0.0276. The Morgan fingerprint density at radius 3 is 2.50 bits per heavy atom. The predicted molar refractivity (Wildman–Crippen MR) is 179 cm³/mol. The molecule has 1 aliphatic rings. The Morgan fingerprint density at radius 2 is 1.74 bits per heavy atom. The molecule has 6 rings (SSSR count). The van der Waals surface area contributed by atoms with E-state index in [1.165, 1.54) is 9.12 Å². The van der Waals surface area contributed by atoms with Gasteiger partial charge in [0.1, 0.15) is 17.9 Å². The Hall–Kier alpha value is -3.35. The van der Waals surface area contributed by atoms with Gasteiger partial charge in [0.25, 0.3) is 5.56 Å². The molecule has 0 radical (unpaired) electrons. The first-order valence-corrected chi connectivity index (χ1v) is 17.1. The first-order valence-electron chi connectivity index (χ1n) is 13.8. The van der Waals surface area contributed by atoms with Crippen LogP contribution in [0.3, 0.4) is 0 Å². The SMILES string of the molecule is CN1CCN(CCOc2ccc(-c3ccc4nc(-c5cn(C)c(=O)c6c5ccn6SI)ccc4c3)cc2)C(C)(C)C1=O. The lowest BCUT2D eigenvalue weighted by atomic mass is 9.98. The fourth-order valence-corrected chi connectivity index (χ4v) is 7.05. The van der Waals surface area contributed by atoms with Gasteiger partial charge in [0.2, 0.25) is 5.91 Å². The van der Waals surface area contributed by atoms with E-state index in [0.717, 1.165) is 57.5 Å². The highest BCUT2D eigenvalue weighted by atomic mass is 127. The zero-order chi connectivity index (χ0) is 29.6. The number of likely N-dealkylation sites (N-methyl/N-ethyl adjacent to an activating group) is 1. The molecule has 10 heteroatoms. The third-order valence-electron chi connectivity index (χ3n) is 8.21. The lowest BCUT2D eigenvalue weighted by molar-refractivity contribution is -0.147. The molecular weight excluding hydrogens is 661 g/mol. The molecule has 1 amide bonds. The fourth-order valence-electron chi connectivity index (χ4n) is 5.71. The van der Waals surface area contributed by atoms with E-state index in [-0.39, 0.29) is 11.5 Å². The van der Waals surface area contributed by atoms with Crippen LogP contribution in [0, 0.1) is 0 Å². The molecule has 0 aliphatic carbocycles. The summed E-state index contributed by atoms with van der Waals surface area (Å²) in [5.74, 6) is 0.956. The molecular formula is C32H32IN5O3S. The number of carbonyl (C=O) groups is 1. The first kappa shape index (κ1) is 28.8. The number of rotatable bonds is 7. The van der Waals surface area contributed by atoms with Gasteiger partial charge in [0.05, 0.1) is 16.7 Å². The van der Waals surface area contributed by atoms with Gasteiger partial charge < -0.3 is 14.2 Å². The Balaban J connectivity index is 1.18. The summed E-state index contributed by atoms with van der Waals surface area (Å²) in [6.07, 6.45) is 3.79. The quantitative estimate of drug-likeness (QED) is 0.195. The molecule has 8 nitrogen and oxygen atoms in total. The highest BCUT2D eigenvalue weighted by Crippen LogP contribution is 2.32. The maximum absolute atomic E-state index is 12.8. The number of nitrogens with zero attached hydrogens (tertiary/aromatic N) is 5. The molecule has 5 aromatic rings. The summed E-state index contributed by atoms with van der Waals surface area (Å²) >= 11 is 2.19. The third kappa shape index (κ3) is 5.20. The molecule has 0 spiro atoms. The number of aryl methyl sites for hydroxylation is 1. The van der Waals surface area contributed by atoms with Crippen LogP contribution < -0.4 is 10.3 Å². The van der Waals surface area contributed by atoms with Crippen LogP contribution in [0.5, 0.6) is 5.75 Å². The van der Waals surface area contributed by atoms with E-state index in [9.17, 15) is 9.59 Å². The largest absolute Gasteiger partial charge is 0.492 e. The number of hydrogen-bond acceptors (Lipinski definition) is 6. The van der Waals surface area contributed by atoms with Gasteiger partial charge in [-0.3, -0.25) is 18.5 Å².